The molecule has 1 atom stereocenters. The number of aryl methyl sites for hydroxylation is 3. The summed E-state index contributed by atoms with van der Waals surface area (Å²) >= 11 is 0. The van der Waals surface area contributed by atoms with Crippen LogP contribution in [-0.2, 0) is 4.79 Å². The normalized spacial score (nSPS) is 11.6. The van der Waals surface area contributed by atoms with Crippen molar-refractivity contribution in [3.8, 4) is 17.2 Å². The van der Waals surface area contributed by atoms with E-state index in [0.717, 1.165) is 28.0 Å². The number of amides is 1. The molecule has 0 aliphatic heterocycles. The molecule has 0 aromatic heterocycles. The zero-order valence-electron chi connectivity index (χ0n) is 16.3. The summed E-state index contributed by atoms with van der Waals surface area (Å²) in [4.78, 5) is 12.3. The van der Waals surface area contributed by atoms with Gasteiger partial charge in [0.25, 0.3) is 5.91 Å². The summed E-state index contributed by atoms with van der Waals surface area (Å²) in [6.07, 6.45) is 0. The molecule has 0 bridgehead atoms. The highest BCUT2D eigenvalue weighted by Gasteiger charge is 2.16. The van der Waals surface area contributed by atoms with Gasteiger partial charge in [-0.15, -0.1) is 0 Å². The topological polar surface area (TPSA) is 56.8 Å². The summed E-state index contributed by atoms with van der Waals surface area (Å²) in [7, 11) is 3.20. The zero-order valence-corrected chi connectivity index (χ0v) is 16.3. The minimum Gasteiger partial charge on any atom is -0.493 e. The second-order valence-electron chi connectivity index (χ2n) is 6.36. The number of hydrogen-bond donors (Lipinski definition) is 1. The van der Waals surface area contributed by atoms with Crippen LogP contribution in [0.25, 0.3) is 0 Å². The second kappa shape index (κ2) is 8.61. The number of ether oxygens (including phenoxy) is 3. The molecule has 26 heavy (non-hydrogen) atoms. The highest BCUT2D eigenvalue weighted by atomic mass is 16.5. The Morgan fingerprint density at radius 2 is 1.58 bits per heavy atom. The number of nitrogens with one attached hydrogen (secondary N) is 1. The maximum atomic E-state index is 12.3. The number of carbonyl (C=O) groups is 1. The fraction of sp³-hybridized carbons (Fsp3) is 0.381. The lowest BCUT2D eigenvalue weighted by Gasteiger charge is -2.19. The van der Waals surface area contributed by atoms with E-state index in [1.165, 1.54) is 0 Å². The highest BCUT2D eigenvalue weighted by Crippen LogP contribution is 2.32. The van der Waals surface area contributed by atoms with Gasteiger partial charge in [-0.05, 0) is 62.1 Å². The Hall–Kier alpha value is -2.69. The number of benzene rings is 2. The Morgan fingerprint density at radius 3 is 2.15 bits per heavy atom. The van der Waals surface area contributed by atoms with E-state index >= 15 is 0 Å². The molecule has 0 radical (unpaired) electrons. The number of para-hydroxylation sites is 1. The predicted molar refractivity (Wildman–Crippen MR) is 102 cm³/mol. The third kappa shape index (κ3) is 4.48. The zero-order chi connectivity index (χ0) is 19.3. The molecule has 1 N–H and O–H groups in total. The Kier molecular flexibility index (Phi) is 6.50. The van der Waals surface area contributed by atoms with Gasteiger partial charge in [-0.25, -0.2) is 0 Å². The first-order valence-corrected chi connectivity index (χ1v) is 8.58. The van der Waals surface area contributed by atoms with Crippen molar-refractivity contribution in [1.82, 2.24) is 5.32 Å². The van der Waals surface area contributed by atoms with E-state index in [1.54, 1.807) is 14.2 Å². The van der Waals surface area contributed by atoms with Crippen LogP contribution in [0, 0.1) is 20.8 Å². The van der Waals surface area contributed by atoms with Gasteiger partial charge in [0.1, 0.15) is 5.75 Å². The first-order chi connectivity index (χ1) is 12.4. The van der Waals surface area contributed by atoms with Crippen LogP contribution in [-0.4, -0.2) is 26.7 Å². The largest absolute Gasteiger partial charge is 0.493 e. The molecule has 0 spiro atoms. The van der Waals surface area contributed by atoms with E-state index in [2.05, 4.69) is 5.32 Å². The van der Waals surface area contributed by atoms with E-state index in [0.29, 0.717) is 11.5 Å². The lowest BCUT2D eigenvalue weighted by Crippen LogP contribution is -2.31. The smallest absolute Gasteiger partial charge is 0.258 e. The van der Waals surface area contributed by atoms with Gasteiger partial charge in [0.05, 0.1) is 20.3 Å². The van der Waals surface area contributed by atoms with Gasteiger partial charge in [0.2, 0.25) is 0 Å². The summed E-state index contributed by atoms with van der Waals surface area (Å²) in [6, 6.07) is 9.53. The van der Waals surface area contributed by atoms with Gasteiger partial charge in [0, 0.05) is 0 Å². The lowest BCUT2D eigenvalue weighted by molar-refractivity contribution is -0.123. The monoisotopic (exact) mass is 357 g/mol. The van der Waals surface area contributed by atoms with Gasteiger partial charge < -0.3 is 19.5 Å². The Morgan fingerprint density at radius 1 is 1.00 bits per heavy atom. The van der Waals surface area contributed by atoms with Crippen LogP contribution in [0.4, 0.5) is 0 Å². The highest BCUT2D eigenvalue weighted by molar-refractivity contribution is 5.78. The van der Waals surface area contributed by atoms with E-state index < -0.39 is 0 Å². The van der Waals surface area contributed by atoms with Crippen molar-refractivity contribution in [3.63, 3.8) is 0 Å². The molecule has 2 rings (SSSR count). The maximum absolute atomic E-state index is 12.3. The van der Waals surface area contributed by atoms with Crippen LogP contribution >= 0.6 is 0 Å². The Labute approximate surface area is 155 Å². The fourth-order valence-corrected chi connectivity index (χ4v) is 2.99. The minimum absolute atomic E-state index is 0.0254. The third-order valence-electron chi connectivity index (χ3n) is 4.37. The van der Waals surface area contributed by atoms with Crippen molar-refractivity contribution >= 4 is 5.91 Å². The second-order valence-corrected chi connectivity index (χ2v) is 6.36. The van der Waals surface area contributed by atoms with Gasteiger partial charge >= 0.3 is 0 Å². The van der Waals surface area contributed by atoms with Gasteiger partial charge in [0.15, 0.2) is 18.1 Å². The van der Waals surface area contributed by atoms with Gasteiger partial charge in [-0.2, -0.15) is 0 Å². The Balaban J connectivity index is 2.05. The average Bonchev–Trinajstić information content (AvgIpc) is 2.60. The predicted octanol–water partition coefficient (Wildman–Crippen LogP) is 3.89. The molecular weight excluding hydrogens is 330 g/mol. The number of methoxy groups -OCH3 is 2. The summed E-state index contributed by atoms with van der Waals surface area (Å²) in [5.74, 6) is 1.90. The van der Waals surface area contributed by atoms with Crippen LogP contribution in [0.2, 0.25) is 0 Å². The first kappa shape index (κ1) is 19.6. The Bertz CT molecular complexity index is 766. The molecule has 140 valence electrons. The van der Waals surface area contributed by atoms with E-state index in [9.17, 15) is 4.79 Å². The van der Waals surface area contributed by atoms with Crippen LogP contribution in [0.15, 0.2) is 30.3 Å². The van der Waals surface area contributed by atoms with Crippen molar-refractivity contribution < 1.29 is 19.0 Å². The number of hydrogen-bond acceptors (Lipinski definition) is 4. The first-order valence-electron chi connectivity index (χ1n) is 8.58. The molecule has 2 aromatic rings. The number of carbonyl (C=O) groups excluding carboxylic acids is 1. The van der Waals surface area contributed by atoms with Crippen molar-refractivity contribution in [2.75, 3.05) is 20.8 Å². The van der Waals surface area contributed by atoms with Crippen LogP contribution in [0.3, 0.4) is 0 Å². The number of rotatable bonds is 7. The third-order valence-corrected chi connectivity index (χ3v) is 4.37. The molecule has 5 heteroatoms. The molecule has 0 aliphatic rings. The van der Waals surface area contributed by atoms with E-state index in [4.69, 9.17) is 14.2 Å². The summed E-state index contributed by atoms with van der Waals surface area (Å²) in [5.41, 5.74) is 4.03. The molecule has 2 aromatic carbocycles. The molecule has 5 nitrogen and oxygen atoms in total. The molecule has 0 saturated carbocycles. The molecule has 0 saturated heterocycles. The van der Waals surface area contributed by atoms with Crippen LogP contribution in [0.1, 0.15) is 35.2 Å². The average molecular weight is 357 g/mol. The van der Waals surface area contributed by atoms with Crippen molar-refractivity contribution in [2.24, 2.45) is 0 Å². The van der Waals surface area contributed by atoms with Crippen molar-refractivity contribution in [2.45, 2.75) is 33.7 Å². The summed E-state index contributed by atoms with van der Waals surface area (Å²) in [5, 5.41) is 2.97. The van der Waals surface area contributed by atoms with Crippen LogP contribution in [0.5, 0.6) is 17.2 Å². The molecule has 0 aliphatic carbocycles. The molecular formula is C21H27NO4. The maximum Gasteiger partial charge on any atom is 0.258 e. The van der Waals surface area contributed by atoms with E-state index in [1.807, 2.05) is 58.0 Å². The van der Waals surface area contributed by atoms with Gasteiger partial charge in [-0.3, -0.25) is 4.79 Å². The molecule has 0 heterocycles. The van der Waals surface area contributed by atoms with Gasteiger partial charge in [-0.1, -0.05) is 18.2 Å². The van der Waals surface area contributed by atoms with Crippen molar-refractivity contribution in [3.05, 3.63) is 52.6 Å². The molecule has 0 fully saturated rings. The van der Waals surface area contributed by atoms with Crippen LogP contribution < -0.4 is 19.5 Å². The molecule has 1 unspecified atom stereocenters. The lowest BCUT2D eigenvalue weighted by atomic mass is 10.0. The SMILES string of the molecule is COc1cc(C)c(C(C)NC(=O)COc2c(C)cccc2C)cc1OC. The van der Waals surface area contributed by atoms with Crippen molar-refractivity contribution in [1.29, 1.82) is 0 Å². The minimum atomic E-state index is -0.177. The molecule has 1 amide bonds. The van der Waals surface area contributed by atoms with E-state index in [-0.39, 0.29) is 18.6 Å². The summed E-state index contributed by atoms with van der Waals surface area (Å²) < 4.78 is 16.4. The fourth-order valence-electron chi connectivity index (χ4n) is 2.99. The standard InChI is InChI=1S/C21H27NO4/c1-13-8-7-9-14(2)21(13)26-12-20(23)22-16(4)17-11-19(25-6)18(24-5)10-15(17)3/h7-11,16H,12H2,1-6H3,(H,22,23). The quantitative estimate of drug-likeness (QED) is 0.817. The summed E-state index contributed by atoms with van der Waals surface area (Å²) in [6.45, 7) is 7.83.